The molecule has 1 heterocycles. The van der Waals surface area contributed by atoms with Crippen LogP contribution < -0.4 is 5.32 Å². The Morgan fingerprint density at radius 3 is 2.86 bits per heavy atom. The summed E-state index contributed by atoms with van der Waals surface area (Å²) in [5, 5.41) is 14.0. The second-order valence-electron chi connectivity index (χ2n) is 5.06. The third-order valence-corrected chi connectivity index (χ3v) is 3.81. The van der Waals surface area contributed by atoms with Gasteiger partial charge in [-0.1, -0.05) is 6.07 Å². The quantitative estimate of drug-likeness (QED) is 0.682. The van der Waals surface area contributed by atoms with Crippen LogP contribution in [0.4, 0.5) is 5.69 Å². The number of carbonyl (C=O) groups excluding carboxylic acids is 1. The monoisotopic (exact) mass is 313 g/mol. The summed E-state index contributed by atoms with van der Waals surface area (Å²) >= 11 is 0. The second kappa shape index (κ2) is 7.38. The van der Waals surface area contributed by atoms with Crippen molar-refractivity contribution < 1.29 is 9.72 Å². The lowest BCUT2D eigenvalue weighted by atomic mass is 10.1. The molecule has 0 bridgehead atoms. The molecule has 1 aliphatic heterocycles. The number of halogens is 1. The van der Waals surface area contributed by atoms with Crippen molar-refractivity contribution in [2.75, 3.05) is 20.1 Å². The Hall–Kier alpha value is -1.66. The van der Waals surface area contributed by atoms with Crippen molar-refractivity contribution in [3.63, 3.8) is 0 Å². The van der Waals surface area contributed by atoms with E-state index < -0.39 is 4.92 Å². The number of carbonyl (C=O) groups is 1. The average molecular weight is 314 g/mol. The molecule has 2 rings (SSSR count). The van der Waals surface area contributed by atoms with E-state index in [0.717, 1.165) is 19.4 Å². The van der Waals surface area contributed by atoms with Crippen LogP contribution in [0, 0.1) is 17.0 Å². The highest BCUT2D eigenvalue weighted by atomic mass is 35.5. The highest BCUT2D eigenvalue weighted by molar-refractivity contribution is 5.97. The molecule has 1 fully saturated rings. The normalized spacial score (nSPS) is 17.4. The summed E-state index contributed by atoms with van der Waals surface area (Å²) in [6.45, 7) is 3.10. The number of nitrogens with one attached hydrogen (secondary N) is 1. The Balaban J connectivity index is 0.00000220. The topological polar surface area (TPSA) is 75.5 Å². The minimum atomic E-state index is -0.443. The van der Waals surface area contributed by atoms with E-state index in [1.54, 1.807) is 19.1 Å². The Morgan fingerprint density at radius 1 is 1.52 bits per heavy atom. The molecule has 0 radical (unpaired) electrons. The van der Waals surface area contributed by atoms with Gasteiger partial charge in [-0.05, 0) is 32.9 Å². The van der Waals surface area contributed by atoms with Gasteiger partial charge in [0.15, 0.2) is 0 Å². The highest BCUT2D eigenvalue weighted by Crippen LogP contribution is 2.25. The first-order valence-electron chi connectivity index (χ1n) is 6.75. The summed E-state index contributed by atoms with van der Waals surface area (Å²) in [5.74, 6) is -0.107. The zero-order chi connectivity index (χ0) is 14.7. The predicted molar refractivity (Wildman–Crippen MR) is 83.1 cm³/mol. The minimum absolute atomic E-state index is 0. The van der Waals surface area contributed by atoms with E-state index in [1.165, 1.54) is 6.07 Å². The smallest absolute Gasteiger partial charge is 0.273 e. The van der Waals surface area contributed by atoms with Crippen LogP contribution >= 0.6 is 12.4 Å². The van der Waals surface area contributed by atoms with Crippen molar-refractivity contribution in [3.05, 3.63) is 39.4 Å². The van der Waals surface area contributed by atoms with Crippen LogP contribution in [0.25, 0.3) is 0 Å². The molecule has 21 heavy (non-hydrogen) atoms. The summed E-state index contributed by atoms with van der Waals surface area (Å²) in [5.41, 5.74) is 0.875. The van der Waals surface area contributed by atoms with E-state index in [9.17, 15) is 14.9 Å². The second-order valence-corrected chi connectivity index (χ2v) is 5.06. The van der Waals surface area contributed by atoms with Crippen molar-refractivity contribution in [3.8, 4) is 0 Å². The van der Waals surface area contributed by atoms with Crippen molar-refractivity contribution in [1.82, 2.24) is 10.2 Å². The van der Waals surface area contributed by atoms with E-state index in [4.69, 9.17) is 0 Å². The van der Waals surface area contributed by atoms with E-state index in [1.807, 2.05) is 11.9 Å². The Morgan fingerprint density at radius 2 is 2.24 bits per heavy atom. The average Bonchev–Trinajstić information content (AvgIpc) is 2.86. The molecule has 1 N–H and O–H groups in total. The van der Waals surface area contributed by atoms with Crippen LogP contribution in [0.3, 0.4) is 0 Å². The fourth-order valence-corrected chi connectivity index (χ4v) is 2.76. The molecule has 0 aliphatic carbocycles. The van der Waals surface area contributed by atoms with Gasteiger partial charge in [-0.3, -0.25) is 14.9 Å². The van der Waals surface area contributed by atoms with Crippen LogP contribution in [0.5, 0.6) is 0 Å². The molecule has 0 saturated carbocycles. The zero-order valence-corrected chi connectivity index (χ0v) is 13.0. The van der Waals surface area contributed by atoms with Crippen LogP contribution in [-0.4, -0.2) is 41.9 Å². The number of nitro benzene ring substituents is 1. The molecule has 1 aromatic carbocycles. The van der Waals surface area contributed by atoms with Crippen LogP contribution in [0.1, 0.15) is 28.8 Å². The first-order chi connectivity index (χ1) is 9.56. The van der Waals surface area contributed by atoms with Gasteiger partial charge in [-0.25, -0.2) is 0 Å². The standard InChI is InChI=1S/C14H19N3O3.ClH/c1-10-12(6-3-7-13(10)17(19)20)14(18)16-8-4-5-11(16)9-15-2;/h3,6-7,11,15H,4-5,8-9H2,1-2H3;1H. The lowest BCUT2D eigenvalue weighted by Gasteiger charge is -2.25. The SMILES string of the molecule is CNCC1CCCN1C(=O)c1cccc([N+](=O)[O-])c1C.Cl. The number of hydrogen-bond acceptors (Lipinski definition) is 4. The van der Waals surface area contributed by atoms with Crippen molar-refractivity contribution >= 4 is 24.0 Å². The van der Waals surface area contributed by atoms with Gasteiger partial charge < -0.3 is 10.2 Å². The molecule has 0 spiro atoms. The Kier molecular flexibility index (Phi) is 6.11. The van der Waals surface area contributed by atoms with Gasteiger partial charge in [0.25, 0.3) is 11.6 Å². The first kappa shape index (κ1) is 17.4. The summed E-state index contributed by atoms with van der Waals surface area (Å²) in [6.07, 6.45) is 1.95. The zero-order valence-electron chi connectivity index (χ0n) is 12.2. The first-order valence-corrected chi connectivity index (χ1v) is 6.75. The lowest BCUT2D eigenvalue weighted by Crippen LogP contribution is -2.41. The van der Waals surface area contributed by atoms with E-state index in [-0.39, 0.29) is 30.0 Å². The predicted octanol–water partition coefficient (Wildman–Crippen LogP) is 2.15. The summed E-state index contributed by atoms with van der Waals surface area (Å²) in [6, 6.07) is 4.84. The summed E-state index contributed by atoms with van der Waals surface area (Å²) in [4.78, 5) is 24.9. The van der Waals surface area contributed by atoms with Gasteiger partial charge in [-0.2, -0.15) is 0 Å². The molecule has 7 heteroatoms. The van der Waals surface area contributed by atoms with Gasteiger partial charge >= 0.3 is 0 Å². The van der Waals surface area contributed by atoms with E-state index in [2.05, 4.69) is 5.32 Å². The number of rotatable bonds is 4. The molecule has 1 amide bonds. The number of hydrogen-bond donors (Lipinski definition) is 1. The van der Waals surface area contributed by atoms with E-state index in [0.29, 0.717) is 17.7 Å². The van der Waals surface area contributed by atoms with Gasteiger partial charge in [0.05, 0.1) is 4.92 Å². The molecule has 1 unspecified atom stereocenters. The van der Waals surface area contributed by atoms with Gasteiger partial charge in [0.1, 0.15) is 0 Å². The molecule has 116 valence electrons. The highest BCUT2D eigenvalue weighted by Gasteiger charge is 2.30. The van der Waals surface area contributed by atoms with Crippen LogP contribution in [0.2, 0.25) is 0 Å². The van der Waals surface area contributed by atoms with Gasteiger partial charge in [0, 0.05) is 36.3 Å². The van der Waals surface area contributed by atoms with Crippen molar-refractivity contribution in [1.29, 1.82) is 0 Å². The molecule has 1 aromatic rings. The third-order valence-electron chi connectivity index (χ3n) is 3.81. The third kappa shape index (κ3) is 3.51. The summed E-state index contributed by atoms with van der Waals surface area (Å²) < 4.78 is 0. The van der Waals surface area contributed by atoms with Gasteiger partial charge in [-0.15, -0.1) is 12.4 Å². The number of nitrogens with zero attached hydrogens (tertiary/aromatic N) is 2. The lowest BCUT2D eigenvalue weighted by molar-refractivity contribution is -0.385. The fraction of sp³-hybridized carbons (Fsp3) is 0.500. The molecule has 1 atom stereocenters. The Bertz CT molecular complexity index is 536. The molecular formula is C14H20ClN3O3. The van der Waals surface area contributed by atoms with Crippen molar-refractivity contribution in [2.24, 2.45) is 0 Å². The maximum atomic E-state index is 12.6. The fourth-order valence-electron chi connectivity index (χ4n) is 2.76. The maximum absolute atomic E-state index is 12.6. The number of nitro groups is 1. The number of likely N-dealkylation sites (tertiary alicyclic amines) is 1. The molecule has 0 aromatic heterocycles. The van der Waals surface area contributed by atoms with Crippen LogP contribution in [-0.2, 0) is 0 Å². The molecule has 6 nitrogen and oxygen atoms in total. The van der Waals surface area contributed by atoms with Crippen molar-refractivity contribution in [2.45, 2.75) is 25.8 Å². The molecule has 1 aliphatic rings. The maximum Gasteiger partial charge on any atom is 0.273 e. The van der Waals surface area contributed by atoms with E-state index >= 15 is 0 Å². The number of amides is 1. The number of benzene rings is 1. The molecule has 1 saturated heterocycles. The largest absolute Gasteiger partial charge is 0.334 e. The van der Waals surface area contributed by atoms with Crippen LogP contribution in [0.15, 0.2) is 18.2 Å². The minimum Gasteiger partial charge on any atom is -0.334 e. The Labute approximate surface area is 130 Å². The van der Waals surface area contributed by atoms with Gasteiger partial charge in [0.2, 0.25) is 0 Å². The summed E-state index contributed by atoms with van der Waals surface area (Å²) in [7, 11) is 1.86. The molecular weight excluding hydrogens is 294 g/mol. The number of likely N-dealkylation sites (N-methyl/N-ethyl adjacent to an activating group) is 1.